The molecule has 1 radical (unpaired) electrons. The molecule has 0 rings (SSSR count). The highest BCUT2D eigenvalue weighted by Gasteiger charge is 2.95. The van der Waals surface area contributed by atoms with E-state index in [-0.39, 0.29) is 13.1 Å². The molecule has 0 aliphatic carbocycles. The molecule has 28 heavy (non-hydrogen) atoms. The zero-order valence-electron chi connectivity index (χ0n) is 12.9. The molecule has 0 nitrogen and oxygen atoms in total. The molecule has 0 aromatic heterocycles. The molecule has 0 N–H and O–H groups in total. The van der Waals surface area contributed by atoms with Gasteiger partial charge in [0.1, 0.15) is 8.80 Å². The van der Waals surface area contributed by atoms with Crippen LogP contribution in [0.15, 0.2) is 0 Å². The van der Waals surface area contributed by atoms with Crippen molar-refractivity contribution in [3.8, 4) is 0 Å². The first-order valence-electron chi connectivity index (χ1n) is 6.21. The van der Waals surface area contributed by atoms with Crippen LogP contribution in [-0.2, 0) is 0 Å². The summed E-state index contributed by atoms with van der Waals surface area (Å²) in [5, 5.41) is 0. The van der Waals surface area contributed by atoms with Crippen LogP contribution >= 0.6 is 0 Å². The molecular weight excluding hydrogens is 471 g/mol. The fraction of sp³-hybridized carbons (Fsp3) is 1.00. The minimum absolute atomic E-state index is 0.0807. The van der Waals surface area contributed by atoms with Gasteiger partial charge in [0, 0.05) is 0 Å². The zero-order valence-corrected chi connectivity index (χ0v) is 13.9. The van der Waals surface area contributed by atoms with Crippen LogP contribution in [0.4, 0.5) is 74.6 Å². The molecule has 0 unspecified atom stereocenters. The van der Waals surface area contributed by atoms with Crippen LogP contribution in [0.1, 0.15) is 0 Å². The predicted molar refractivity (Wildman–Crippen MR) is 58.2 cm³/mol. The molecule has 0 heterocycles. The molecule has 0 aromatic rings. The fourth-order valence-electron chi connectivity index (χ4n) is 1.48. The third-order valence-corrected chi connectivity index (χ3v) is 4.92. The van der Waals surface area contributed by atoms with Crippen LogP contribution in [0.5, 0.6) is 0 Å². The van der Waals surface area contributed by atoms with Crippen molar-refractivity contribution in [2.24, 2.45) is 0 Å². The topological polar surface area (TPSA) is 0 Å². The molecule has 0 saturated heterocycles. The van der Waals surface area contributed by atoms with Crippen molar-refractivity contribution in [2.45, 2.75) is 60.4 Å². The first-order valence-corrected chi connectivity index (χ1v) is 8.71. The first-order chi connectivity index (χ1) is 11.7. The minimum atomic E-state index is -8.56. The number of alkyl halides is 17. The summed E-state index contributed by atoms with van der Waals surface area (Å²) in [5.74, 6) is -49.3. The smallest absolute Gasteiger partial charge is 0.205 e. The van der Waals surface area contributed by atoms with Crippen molar-refractivity contribution >= 4 is 8.80 Å². The van der Waals surface area contributed by atoms with E-state index in [0.717, 1.165) is 0 Å². The van der Waals surface area contributed by atoms with Crippen molar-refractivity contribution in [1.29, 1.82) is 0 Å². The maximum absolute atomic E-state index is 13.2. The van der Waals surface area contributed by atoms with E-state index in [4.69, 9.17) is 0 Å². The summed E-state index contributed by atoms with van der Waals surface area (Å²) in [6.07, 6.45) is -7.74. The molecule has 169 valence electrons. The second-order valence-electron chi connectivity index (χ2n) is 5.52. The largest absolute Gasteiger partial charge is 0.460 e. The highest BCUT2D eigenvalue weighted by molar-refractivity contribution is 6.58. The highest BCUT2D eigenvalue weighted by atomic mass is 28.3. The third-order valence-electron chi connectivity index (χ3n) is 3.35. The minimum Gasteiger partial charge on any atom is -0.205 e. The van der Waals surface area contributed by atoms with Crippen LogP contribution in [0, 0.1) is 0 Å². The van der Waals surface area contributed by atoms with Gasteiger partial charge in [-0.3, -0.25) is 0 Å². The quantitative estimate of drug-likeness (QED) is 0.299. The lowest BCUT2D eigenvalue weighted by molar-refractivity contribution is -0.458. The lowest BCUT2D eigenvalue weighted by Crippen LogP contribution is -2.75. The molecule has 0 aromatic carbocycles. The Balaban J connectivity index is 6.72. The molecule has 0 spiro atoms. The van der Waals surface area contributed by atoms with Crippen molar-refractivity contribution in [3.63, 3.8) is 0 Å². The maximum atomic E-state index is 13.2. The molecule has 0 aliphatic rings. The highest BCUT2D eigenvalue weighted by Crippen LogP contribution is 2.64. The SMILES string of the molecule is C[Si](C)C(F)(F)C(F)(F)C(F)(F)C(F)(F)C(F)(F)C(F)(F)C(F)(F)C(F)(F)F. The summed E-state index contributed by atoms with van der Waals surface area (Å²) < 4.78 is 218. The summed E-state index contributed by atoms with van der Waals surface area (Å²) in [6.45, 7) is 0.161. The molecule has 0 bridgehead atoms. The Kier molecular flexibility index (Phi) is 6.29. The van der Waals surface area contributed by atoms with Crippen LogP contribution in [0.3, 0.4) is 0 Å². The monoisotopic (exact) mass is 477 g/mol. The van der Waals surface area contributed by atoms with Gasteiger partial charge in [-0.1, -0.05) is 13.1 Å². The van der Waals surface area contributed by atoms with Gasteiger partial charge in [0.05, 0.1) is 0 Å². The van der Waals surface area contributed by atoms with Gasteiger partial charge in [-0.2, -0.15) is 65.9 Å². The van der Waals surface area contributed by atoms with Gasteiger partial charge in [0.2, 0.25) is 0 Å². The van der Waals surface area contributed by atoms with E-state index < -0.39 is 56.1 Å². The second kappa shape index (κ2) is 6.51. The Morgan fingerprint density at radius 2 is 0.571 bits per heavy atom. The van der Waals surface area contributed by atoms with E-state index in [1.54, 1.807) is 0 Å². The van der Waals surface area contributed by atoms with Crippen molar-refractivity contribution < 1.29 is 74.6 Å². The Hall–Kier alpha value is -0.973. The van der Waals surface area contributed by atoms with Gasteiger partial charge in [0.25, 0.3) is 5.55 Å². The lowest BCUT2D eigenvalue weighted by Gasteiger charge is -2.43. The van der Waals surface area contributed by atoms with Gasteiger partial charge in [-0.15, -0.1) is 0 Å². The zero-order chi connectivity index (χ0) is 23.6. The summed E-state index contributed by atoms with van der Waals surface area (Å²) in [6, 6.07) is 0. The average Bonchev–Trinajstić information content (AvgIpc) is 2.44. The Bertz CT molecular complexity index is 571. The van der Waals surface area contributed by atoms with E-state index in [2.05, 4.69) is 0 Å². The van der Waals surface area contributed by atoms with Crippen molar-refractivity contribution in [3.05, 3.63) is 0 Å². The number of rotatable bonds is 7. The third kappa shape index (κ3) is 3.12. The van der Waals surface area contributed by atoms with E-state index in [1.807, 2.05) is 0 Å². The number of hydrogen-bond donors (Lipinski definition) is 0. The molecular formula is C10H6F17Si. The Morgan fingerprint density at radius 1 is 0.357 bits per heavy atom. The van der Waals surface area contributed by atoms with E-state index in [9.17, 15) is 74.6 Å². The molecule has 0 saturated carbocycles. The van der Waals surface area contributed by atoms with Gasteiger partial charge >= 0.3 is 41.7 Å². The van der Waals surface area contributed by atoms with Crippen LogP contribution < -0.4 is 0 Å². The number of hydrogen-bond acceptors (Lipinski definition) is 0. The van der Waals surface area contributed by atoms with Gasteiger partial charge in [0.15, 0.2) is 0 Å². The van der Waals surface area contributed by atoms with Gasteiger partial charge < -0.3 is 0 Å². The number of halogens is 17. The van der Waals surface area contributed by atoms with E-state index in [0.29, 0.717) is 0 Å². The fourth-order valence-corrected chi connectivity index (χ4v) is 2.26. The molecule has 0 atom stereocenters. The lowest BCUT2D eigenvalue weighted by atomic mass is 9.91. The van der Waals surface area contributed by atoms with Crippen LogP contribution in [0.25, 0.3) is 0 Å². The Labute approximate surface area is 145 Å². The van der Waals surface area contributed by atoms with Crippen LogP contribution in [-0.4, -0.2) is 56.1 Å². The molecule has 0 aliphatic heterocycles. The molecule has 0 amide bonds. The maximum Gasteiger partial charge on any atom is 0.460 e. The summed E-state index contributed by atoms with van der Waals surface area (Å²) in [4.78, 5) is 0. The summed E-state index contributed by atoms with van der Waals surface area (Å²) in [7, 11) is -4.10. The first kappa shape index (κ1) is 27.0. The Morgan fingerprint density at radius 3 is 0.786 bits per heavy atom. The normalized spacial score (nSPS) is 16.7. The second-order valence-corrected chi connectivity index (χ2v) is 8.15. The van der Waals surface area contributed by atoms with Crippen molar-refractivity contribution in [2.75, 3.05) is 0 Å². The van der Waals surface area contributed by atoms with Crippen molar-refractivity contribution in [1.82, 2.24) is 0 Å². The predicted octanol–water partition coefficient (Wildman–Crippen LogP) is 6.29. The standard InChI is InChI=1S/C10H6F17Si/c1-28(2)10(26,27)8(21,22)6(17,18)4(13,14)3(11,12)5(15,16)7(19,20)9(23,24)25/h1-2H3. The summed E-state index contributed by atoms with van der Waals surface area (Å²) in [5.41, 5.74) is -6.21. The molecule has 0 fully saturated rings. The van der Waals surface area contributed by atoms with Gasteiger partial charge in [-0.05, 0) is 0 Å². The van der Waals surface area contributed by atoms with E-state index in [1.165, 1.54) is 0 Å². The van der Waals surface area contributed by atoms with E-state index >= 15 is 0 Å². The van der Waals surface area contributed by atoms with Crippen LogP contribution in [0.2, 0.25) is 13.1 Å². The average molecular weight is 477 g/mol. The summed E-state index contributed by atoms with van der Waals surface area (Å²) >= 11 is 0. The molecule has 18 heteroatoms. The van der Waals surface area contributed by atoms with Gasteiger partial charge in [-0.25, -0.2) is 8.78 Å².